The summed E-state index contributed by atoms with van der Waals surface area (Å²) in [7, 11) is 1.56. The second kappa shape index (κ2) is 8.28. The molecule has 1 heterocycles. The number of benzene rings is 1. The summed E-state index contributed by atoms with van der Waals surface area (Å²) in [5, 5.41) is 5.47. The first-order valence-electron chi connectivity index (χ1n) is 6.92. The first-order valence-corrected chi connectivity index (χ1v) is 7.71. The minimum absolute atomic E-state index is 0.200. The summed E-state index contributed by atoms with van der Waals surface area (Å²) in [6, 6.07) is 8.33. The first-order chi connectivity index (χ1) is 11.1. The molecule has 2 N–H and O–H groups in total. The lowest BCUT2D eigenvalue weighted by molar-refractivity contribution is 0.0927. The third-order valence-corrected chi connectivity index (χ3v) is 3.67. The van der Waals surface area contributed by atoms with Gasteiger partial charge in [0.2, 0.25) is 0 Å². The van der Waals surface area contributed by atoms with E-state index in [4.69, 9.17) is 4.74 Å². The van der Waals surface area contributed by atoms with Crippen molar-refractivity contribution in [3.8, 4) is 5.75 Å². The predicted molar refractivity (Wildman–Crippen MR) is 89.6 cm³/mol. The van der Waals surface area contributed by atoms with E-state index in [0.29, 0.717) is 34.4 Å². The molecule has 1 aromatic carbocycles. The normalized spacial score (nSPS) is 10.0. The molecule has 1 aromatic heterocycles. The van der Waals surface area contributed by atoms with E-state index in [9.17, 15) is 9.59 Å². The Balaban J connectivity index is 1.79. The predicted octanol–water partition coefficient (Wildman–Crippen LogP) is 2.01. The molecule has 0 aliphatic rings. The molecule has 6 nitrogen and oxygen atoms in total. The Morgan fingerprint density at radius 3 is 2.22 bits per heavy atom. The zero-order chi connectivity index (χ0) is 16.7. The van der Waals surface area contributed by atoms with Crippen molar-refractivity contribution >= 4 is 27.7 Å². The number of carbonyl (C=O) groups is 2. The molecule has 0 unspecified atom stereocenters. The summed E-state index contributed by atoms with van der Waals surface area (Å²) in [5.74, 6) is 0.242. The minimum Gasteiger partial charge on any atom is -0.496 e. The van der Waals surface area contributed by atoms with Gasteiger partial charge in [-0.25, -0.2) is 0 Å². The van der Waals surface area contributed by atoms with E-state index in [1.807, 2.05) is 0 Å². The van der Waals surface area contributed by atoms with Gasteiger partial charge in [0.15, 0.2) is 0 Å². The Bertz CT molecular complexity index is 692. The maximum Gasteiger partial charge on any atom is 0.251 e. The number of ether oxygens (including phenoxy) is 1. The molecule has 0 radical (unpaired) electrons. The van der Waals surface area contributed by atoms with Gasteiger partial charge in [0.25, 0.3) is 11.8 Å². The van der Waals surface area contributed by atoms with Crippen LogP contribution >= 0.6 is 15.9 Å². The summed E-state index contributed by atoms with van der Waals surface area (Å²) in [6.45, 7) is 0.670. The Morgan fingerprint density at radius 2 is 1.65 bits per heavy atom. The Hall–Kier alpha value is -2.41. The van der Waals surface area contributed by atoms with Crippen molar-refractivity contribution in [1.82, 2.24) is 15.6 Å². The smallest absolute Gasteiger partial charge is 0.251 e. The molecule has 0 atom stereocenters. The zero-order valence-electron chi connectivity index (χ0n) is 12.5. The average molecular weight is 378 g/mol. The van der Waals surface area contributed by atoms with Crippen molar-refractivity contribution in [2.24, 2.45) is 0 Å². The number of rotatable bonds is 6. The number of pyridine rings is 1. The van der Waals surface area contributed by atoms with Crippen molar-refractivity contribution in [1.29, 1.82) is 0 Å². The maximum absolute atomic E-state index is 12.0. The fourth-order valence-corrected chi connectivity index (χ4v) is 2.41. The maximum atomic E-state index is 12.0. The Labute approximate surface area is 142 Å². The standard InChI is InChI=1S/C16H16BrN3O3/c1-23-14-3-2-12(10-13(14)17)16(22)20-9-8-19-15(21)11-4-6-18-7-5-11/h2-7,10H,8-9H2,1H3,(H,19,21)(H,20,22). The van der Waals surface area contributed by atoms with E-state index in [-0.39, 0.29) is 11.8 Å². The largest absolute Gasteiger partial charge is 0.496 e. The second-order valence-electron chi connectivity index (χ2n) is 4.60. The number of hydrogen-bond donors (Lipinski definition) is 2. The van der Waals surface area contributed by atoms with Gasteiger partial charge in [0.1, 0.15) is 5.75 Å². The van der Waals surface area contributed by atoms with Crippen LogP contribution in [0.4, 0.5) is 0 Å². The van der Waals surface area contributed by atoms with Crippen LogP contribution in [0.5, 0.6) is 5.75 Å². The van der Waals surface area contributed by atoms with Crippen LogP contribution in [0.2, 0.25) is 0 Å². The molecule has 120 valence electrons. The topological polar surface area (TPSA) is 80.3 Å². The SMILES string of the molecule is COc1ccc(C(=O)NCCNC(=O)c2ccncc2)cc1Br. The van der Waals surface area contributed by atoms with E-state index in [2.05, 4.69) is 31.5 Å². The van der Waals surface area contributed by atoms with Crippen LogP contribution in [0, 0.1) is 0 Å². The number of methoxy groups -OCH3 is 1. The molecule has 23 heavy (non-hydrogen) atoms. The Kier molecular flexibility index (Phi) is 6.10. The molecule has 2 rings (SSSR count). The monoisotopic (exact) mass is 377 g/mol. The number of hydrogen-bond acceptors (Lipinski definition) is 4. The van der Waals surface area contributed by atoms with Gasteiger partial charge in [0.05, 0.1) is 11.6 Å². The summed E-state index contributed by atoms with van der Waals surface area (Å²) in [4.78, 5) is 27.7. The van der Waals surface area contributed by atoms with Crippen LogP contribution in [0.25, 0.3) is 0 Å². The van der Waals surface area contributed by atoms with Crippen LogP contribution in [0.1, 0.15) is 20.7 Å². The van der Waals surface area contributed by atoms with E-state index < -0.39 is 0 Å². The van der Waals surface area contributed by atoms with E-state index in [0.717, 1.165) is 0 Å². The molecular formula is C16H16BrN3O3. The molecule has 0 saturated heterocycles. The number of nitrogens with zero attached hydrogens (tertiary/aromatic N) is 1. The molecule has 2 aromatic rings. The lowest BCUT2D eigenvalue weighted by Crippen LogP contribution is -2.34. The molecule has 0 saturated carbocycles. The van der Waals surface area contributed by atoms with Gasteiger partial charge in [-0.05, 0) is 46.3 Å². The quantitative estimate of drug-likeness (QED) is 0.754. The molecule has 0 fully saturated rings. The summed E-state index contributed by atoms with van der Waals surface area (Å²) in [5.41, 5.74) is 1.04. The van der Waals surface area contributed by atoms with Gasteiger partial charge in [-0.1, -0.05) is 0 Å². The van der Waals surface area contributed by atoms with Crippen molar-refractivity contribution < 1.29 is 14.3 Å². The van der Waals surface area contributed by atoms with Gasteiger partial charge < -0.3 is 15.4 Å². The first kappa shape index (κ1) is 17.0. The summed E-state index contributed by atoms with van der Waals surface area (Å²) in [6.07, 6.45) is 3.11. The zero-order valence-corrected chi connectivity index (χ0v) is 14.1. The van der Waals surface area contributed by atoms with Gasteiger partial charge in [-0.15, -0.1) is 0 Å². The molecule has 0 aliphatic carbocycles. The van der Waals surface area contributed by atoms with E-state index in [1.54, 1.807) is 49.8 Å². The second-order valence-corrected chi connectivity index (χ2v) is 5.45. The number of amides is 2. The lowest BCUT2D eigenvalue weighted by atomic mass is 10.2. The van der Waals surface area contributed by atoms with Gasteiger partial charge in [-0.2, -0.15) is 0 Å². The van der Waals surface area contributed by atoms with Crippen LogP contribution in [-0.2, 0) is 0 Å². The van der Waals surface area contributed by atoms with Crippen molar-refractivity contribution in [3.05, 3.63) is 58.3 Å². The highest BCUT2D eigenvalue weighted by atomic mass is 79.9. The molecular weight excluding hydrogens is 362 g/mol. The van der Waals surface area contributed by atoms with Gasteiger partial charge in [-0.3, -0.25) is 14.6 Å². The minimum atomic E-state index is -0.216. The highest BCUT2D eigenvalue weighted by molar-refractivity contribution is 9.10. The van der Waals surface area contributed by atoms with E-state index in [1.165, 1.54) is 0 Å². The Morgan fingerprint density at radius 1 is 1.04 bits per heavy atom. The van der Waals surface area contributed by atoms with Crippen LogP contribution in [0.3, 0.4) is 0 Å². The average Bonchev–Trinajstić information content (AvgIpc) is 2.59. The highest BCUT2D eigenvalue weighted by Gasteiger charge is 2.09. The van der Waals surface area contributed by atoms with Crippen LogP contribution in [0.15, 0.2) is 47.2 Å². The summed E-state index contributed by atoms with van der Waals surface area (Å²) < 4.78 is 5.82. The summed E-state index contributed by atoms with van der Waals surface area (Å²) >= 11 is 3.34. The fourth-order valence-electron chi connectivity index (χ4n) is 1.87. The molecule has 2 amide bonds. The lowest BCUT2D eigenvalue weighted by Gasteiger charge is -2.08. The van der Waals surface area contributed by atoms with Gasteiger partial charge in [0, 0.05) is 36.6 Å². The highest BCUT2D eigenvalue weighted by Crippen LogP contribution is 2.25. The number of nitrogens with one attached hydrogen (secondary N) is 2. The molecule has 0 aliphatic heterocycles. The molecule has 0 bridgehead atoms. The molecule has 7 heteroatoms. The van der Waals surface area contributed by atoms with E-state index >= 15 is 0 Å². The molecule has 0 spiro atoms. The van der Waals surface area contributed by atoms with Crippen LogP contribution < -0.4 is 15.4 Å². The van der Waals surface area contributed by atoms with Crippen molar-refractivity contribution in [3.63, 3.8) is 0 Å². The number of aromatic nitrogens is 1. The van der Waals surface area contributed by atoms with Gasteiger partial charge >= 0.3 is 0 Å². The third kappa shape index (κ3) is 4.79. The van der Waals surface area contributed by atoms with Crippen molar-refractivity contribution in [2.45, 2.75) is 0 Å². The fraction of sp³-hybridized carbons (Fsp3) is 0.188. The van der Waals surface area contributed by atoms with Crippen molar-refractivity contribution in [2.75, 3.05) is 20.2 Å². The number of carbonyl (C=O) groups excluding carboxylic acids is 2. The third-order valence-electron chi connectivity index (χ3n) is 3.05. The van der Waals surface area contributed by atoms with Crippen LogP contribution in [-0.4, -0.2) is 37.0 Å². The number of halogens is 1.